The molecule has 0 unspecified atom stereocenters. The van der Waals surface area contributed by atoms with Crippen LogP contribution in [0.3, 0.4) is 0 Å². The van der Waals surface area contributed by atoms with E-state index in [1.807, 2.05) is 24.3 Å². The summed E-state index contributed by atoms with van der Waals surface area (Å²) >= 11 is 9.47. The Morgan fingerprint density at radius 2 is 1.93 bits per heavy atom. The highest BCUT2D eigenvalue weighted by molar-refractivity contribution is 9.10. The Bertz CT molecular complexity index is 490. The third kappa shape index (κ3) is 1.87. The van der Waals surface area contributed by atoms with Gasteiger partial charge in [-0.25, -0.2) is 4.98 Å². The van der Waals surface area contributed by atoms with Gasteiger partial charge in [-0.15, -0.1) is 0 Å². The molecule has 1 aromatic carbocycles. The minimum atomic E-state index is 0.415. The first-order valence-electron chi connectivity index (χ1n) is 4.33. The van der Waals surface area contributed by atoms with E-state index in [1.54, 1.807) is 11.6 Å². The lowest BCUT2D eigenvalue weighted by Gasteiger charge is -1.98. The Hall–Kier alpha value is -1.000. The van der Waals surface area contributed by atoms with Crippen LogP contribution < -0.4 is 5.73 Å². The molecule has 3 nitrogen and oxygen atoms in total. The fraction of sp³-hybridized carbons (Fsp3) is 0.100. The van der Waals surface area contributed by atoms with Crippen molar-refractivity contribution in [1.82, 2.24) is 9.55 Å². The Morgan fingerprint density at radius 1 is 1.33 bits per heavy atom. The standard InChI is InChI=1S/C10H9BrClN3/c1-15-9(12)8(14-10(15)13)6-2-4-7(11)5-3-6/h2-5H,1H3,(H2,13,14). The van der Waals surface area contributed by atoms with Crippen LogP contribution in [0.1, 0.15) is 0 Å². The zero-order chi connectivity index (χ0) is 11.0. The molecule has 78 valence electrons. The van der Waals surface area contributed by atoms with Gasteiger partial charge in [0.1, 0.15) is 10.8 Å². The summed E-state index contributed by atoms with van der Waals surface area (Å²) in [6.45, 7) is 0. The molecule has 0 aliphatic heterocycles. The van der Waals surface area contributed by atoms with Gasteiger partial charge in [-0.05, 0) is 12.1 Å². The van der Waals surface area contributed by atoms with Crippen molar-refractivity contribution in [1.29, 1.82) is 0 Å². The molecule has 2 aromatic rings. The zero-order valence-corrected chi connectivity index (χ0v) is 10.4. The SMILES string of the molecule is Cn1c(N)nc(-c2ccc(Br)cc2)c1Cl. The molecule has 15 heavy (non-hydrogen) atoms. The summed E-state index contributed by atoms with van der Waals surface area (Å²) in [4.78, 5) is 4.20. The first kappa shape index (κ1) is 10.5. The lowest BCUT2D eigenvalue weighted by atomic mass is 10.2. The lowest BCUT2D eigenvalue weighted by molar-refractivity contribution is 0.931. The number of imidazole rings is 1. The third-order valence-corrected chi connectivity index (χ3v) is 3.14. The summed E-state index contributed by atoms with van der Waals surface area (Å²) < 4.78 is 2.67. The molecule has 5 heteroatoms. The number of rotatable bonds is 1. The van der Waals surface area contributed by atoms with Crippen LogP contribution in [0.4, 0.5) is 5.95 Å². The Morgan fingerprint density at radius 3 is 2.40 bits per heavy atom. The number of aromatic nitrogens is 2. The number of halogens is 2. The molecule has 2 rings (SSSR count). The molecule has 0 saturated heterocycles. The van der Waals surface area contributed by atoms with Gasteiger partial charge in [0.15, 0.2) is 0 Å². The van der Waals surface area contributed by atoms with Crippen molar-refractivity contribution < 1.29 is 0 Å². The molecular weight excluding hydrogens is 277 g/mol. The number of benzene rings is 1. The average molecular weight is 287 g/mol. The van der Waals surface area contributed by atoms with E-state index in [0.717, 1.165) is 10.0 Å². The van der Waals surface area contributed by atoms with E-state index in [0.29, 0.717) is 16.8 Å². The highest BCUT2D eigenvalue weighted by atomic mass is 79.9. The second-order valence-corrected chi connectivity index (χ2v) is 4.45. The molecule has 1 heterocycles. The summed E-state index contributed by atoms with van der Waals surface area (Å²) in [6.07, 6.45) is 0. The second-order valence-electron chi connectivity index (χ2n) is 3.18. The van der Waals surface area contributed by atoms with Crippen molar-refractivity contribution in [2.75, 3.05) is 5.73 Å². The highest BCUT2D eigenvalue weighted by Crippen LogP contribution is 2.29. The molecule has 0 spiro atoms. The van der Waals surface area contributed by atoms with Crippen LogP contribution in [0.25, 0.3) is 11.3 Å². The van der Waals surface area contributed by atoms with Gasteiger partial charge in [0.05, 0.1) is 0 Å². The molecule has 0 radical (unpaired) electrons. The first-order valence-corrected chi connectivity index (χ1v) is 5.50. The van der Waals surface area contributed by atoms with Crippen LogP contribution in [0.15, 0.2) is 28.7 Å². The maximum Gasteiger partial charge on any atom is 0.201 e. The van der Waals surface area contributed by atoms with Crippen LogP contribution in [0, 0.1) is 0 Å². The number of nitrogens with two attached hydrogens (primary N) is 1. The molecule has 0 saturated carbocycles. The quantitative estimate of drug-likeness (QED) is 0.875. The molecular formula is C10H9BrClN3. The van der Waals surface area contributed by atoms with Crippen LogP contribution in [-0.2, 0) is 7.05 Å². The molecule has 0 atom stereocenters. The largest absolute Gasteiger partial charge is 0.369 e. The summed E-state index contributed by atoms with van der Waals surface area (Å²) in [5, 5.41) is 0.551. The van der Waals surface area contributed by atoms with Gasteiger partial charge in [0.2, 0.25) is 5.95 Å². The van der Waals surface area contributed by atoms with Gasteiger partial charge in [0, 0.05) is 17.1 Å². The maximum absolute atomic E-state index is 6.10. The lowest BCUT2D eigenvalue weighted by Crippen LogP contribution is -1.96. The van der Waals surface area contributed by atoms with Crippen molar-refractivity contribution in [3.8, 4) is 11.3 Å². The number of hydrogen-bond donors (Lipinski definition) is 1. The van der Waals surface area contributed by atoms with E-state index in [9.17, 15) is 0 Å². The summed E-state index contributed by atoms with van der Waals surface area (Å²) in [5.41, 5.74) is 7.33. The van der Waals surface area contributed by atoms with Gasteiger partial charge in [0.25, 0.3) is 0 Å². The number of nitrogen functional groups attached to an aromatic ring is 1. The smallest absolute Gasteiger partial charge is 0.201 e. The van der Waals surface area contributed by atoms with Gasteiger partial charge in [-0.1, -0.05) is 39.7 Å². The number of hydrogen-bond acceptors (Lipinski definition) is 2. The maximum atomic E-state index is 6.10. The van der Waals surface area contributed by atoms with E-state index in [2.05, 4.69) is 20.9 Å². The van der Waals surface area contributed by atoms with Crippen molar-refractivity contribution in [2.24, 2.45) is 7.05 Å². The van der Waals surface area contributed by atoms with Gasteiger partial charge in [-0.3, -0.25) is 0 Å². The van der Waals surface area contributed by atoms with E-state index >= 15 is 0 Å². The van der Waals surface area contributed by atoms with Gasteiger partial charge >= 0.3 is 0 Å². The van der Waals surface area contributed by atoms with Crippen LogP contribution in [0.2, 0.25) is 5.15 Å². The Balaban J connectivity index is 2.54. The molecule has 0 amide bonds. The number of nitrogens with zero attached hydrogens (tertiary/aromatic N) is 2. The minimum absolute atomic E-state index is 0.415. The molecule has 0 aliphatic carbocycles. The molecule has 0 fully saturated rings. The van der Waals surface area contributed by atoms with Gasteiger partial charge in [-0.2, -0.15) is 0 Å². The average Bonchev–Trinajstić information content (AvgIpc) is 2.47. The monoisotopic (exact) mass is 285 g/mol. The van der Waals surface area contributed by atoms with Crippen molar-refractivity contribution >= 4 is 33.5 Å². The Labute approximate surface area is 101 Å². The molecule has 0 aliphatic rings. The predicted octanol–water partition coefficient (Wildman–Crippen LogP) is 3.09. The summed E-state index contributed by atoms with van der Waals surface area (Å²) in [6, 6.07) is 7.77. The molecule has 0 bridgehead atoms. The summed E-state index contributed by atoms with van der Waals surface area (Å²) in [7, 11) is 1.78. The van der Waals surface area contributed by atoms with Crippen LogP contribution in [0.5, 0.6) is 0 Å². The third-order valence-electron chi connectivity index (χ3n) is 2.18. The summed E-state index contributed by atoms with van der Waals surface area (Å²) in [5.74, 6) is 0.415. The van der Waals surface area contributed by atoms with Crippen LogP contribution >= 0.6 is 27.5 Å². The van der Waals surface area contributed by atoms with Crippen molar-refractivity contribution in [2.45, 2.75) is 0 Å². The first-order chi connectivity index (χ1) is 7.09. The fourth-order valence-corrected chi connectivity index (χ4v) is 1.79. The number of anilines is 1. The van der Waals surface area contributed by atoms with E-state index in [4.69, 9.17) is 17.3 Å². The zero-order valence-electron chi connectivity index (χ0n) is 8.04. The van der Waals surface area contributed by atoms with Crippen molar-refractivity contribution in [3.05, 3.63) is 33.9 Å². The fourth-order valence-electron chi connectivity index (χ4n) is 1.29. The topological polar surface area (TPSA) is 43.8 Å². The predicted molar refractivity (Wildman–Crippen MR) is 65.8 cm³/mol. The van der Waals surface area contributed by atoms with E-state index in [1.165, 1.54) is 0 Å². The van der Waals surface area contributed by atoms with Crippen molar-refractivity contribution in [3.63, 3.8) is 0 Å². The molecule has 1 aromatic heterocycles. The van der Waals surface area contributed by atoms with Gasteiger partial charge < -0.3 is 10.3 Å². The van der Waals surface area contributed by atoms with E-state index < -0.39 is 0 Å². The normalized spacial score (nSPS) is 10.6. The van der Waals surface area contributed by atoms with E-state index in [-0.39, 0.29) is 0 Å². The molecule has 2 N–H and O–H groups in total. The van der Waals surface area contributed by atoms with Crippen LogP contribution in [-0.4, -0.2) is 9.55 Å². The Kier molecular flexibility index (Phi) is 2.71. The minimum Gasteiger partial charge on any atom is -0.369 e. The highest BCUT2D eigenvalue weighted by Gasteiger charge is 2.11. The second kappa shape index (κ2) is 3.87.